The summed E-state index contributed by atoms with van der Waals surface area (Å²) in [4.78, 5) is 36.2. The molecule has 1 heterocycles. The fourth-order valence-electron chi connectivity index (χ4n) is 2.96. The zero-order chi connectivity index (χ0) is 21.0. The van der Waals surface area contributed by atoms with Gasteiger partial charge >= 0.3 is 0 Å². The third-order valence-corrected chi connectivity index (χ3v) is 6.37. The van der Waals surface area contributed by atoms with E-state index >= 15 is 0 Å². The van der Waals surface area contributed by atoms with Crippen LogP contribution in [0, 0.1) is 0 Å². The van der Waals surface area contributed by atoms with E-state index in [1.54, 1.807) is 0 Å². The summed E-state index contributed by atoms with van der Waals surface area (Å²) in [6, 6.07) is 15.0. The predicted octanol–water partition coefficient (Wildman–Crippen LogP) is 1.59. The van der Waals surface area contributed by atoms with Crippen molar-refractivity contribution in [1.82, 2.24) is 9.21 Å². The molecule has 2 aromatic carbocycles. The number of hydrogen-bond acceptors (Lipinski definition) is 5. The molecule has 0 bridgehead atoms. The molecule has 3 amide bonds. The lowest BCUT2D eigenvalue weighted by atomic mass is 10.2. The highest BCUT2D eigenvalue weighted by Crippen LogP contribution is 2.19. The minimum atomic E-state index is -3.69. The van der Waals surface area contributed by atoms with Gasteiger partial charge in [0.25, 0.3) is 0 Å². The number of anilines is 1. The van der Waals surface area contributed by atoms with Crippen molar-refractivity contribution in [3.05, 3.63) is 60.2 Å². The number of likely N-dealkylation sites (tertiary alicyclic amines) is 1. The maximum absolute atomic E-state index is 12.7. The average molecular weight is 415 g/mol. The Bertz CT molecular complexity index is 1000. The first-order valence-corrected chi connectivity index (χ1v) is 10.4. The Morgan fingerprint density at radius 3 is 2.17 bits per heavy atom. The molecule has 2 aromatic rings. The van der Waals surface area contributed by atoms with Gasteiger partial charge in [-0.25, -0.2) is 8.42 Å². The lowest BCUT2D eigenvalue weighted by Gasteiger charge is -2.18. The Balaban J connectivity index is 1.63. The first-order valence-electron chi connectivity index (χ1n) is 9.01. The molecule has 3 rings (SSSR count). The number of amides is 3. The molecule has 0 spiro atoms. The molecular weight excluding hydrogens is 394 g/mol. The second-order valence-electron chi connectivity index (χ2n) is 6.69. The monoisotopic (exact) mass is 415 g/mol. The maximum Gasteiger partial charge on any atom is 0.244 e. The summed E-state index contributed by atoms with van der Waals surface area (Å²) in [7, 11) is -2.19. The quantitative estimate of drug-likeness (QED) is 0.692. The smallest absolute Gasteiger partial charge is 0.244 e. The van der Waals surface area contributed by atoms with Crippen LogP contribution < -0.4 is 5.32 Å². The lowest BCUT2D eigenvalue weighted by molar-refractivity contribution is -0.141. The summed E-state index contributed by atoms with van der Waals surface area (Å²) < 4.78 is 26.7. The topological polar surface area (TPSA) is 104 Å². The normalized spacial score (nSPS) is 14.5. The highest BCUT2D eigenvalue weighted by atomic mass is 32.2. The number of nitrogens with zero attached hydrogens (tertiary/aromatic N) is 2. The molecule has 0 radical (unpaired) electrons. The number of imide groups is 1. The molecule has 1 N–H and O–H groups in total. The SMILES string of the molecule is CN(Cc1ccccc1)S(=O)(=O)c1ccc(NC(=O)CN2C(=O)CCC2=O)cc1. The van der Waals surface area contributed by atoms with Crippen LogP contribution in [0.15, 0.2) is 59.5 Å². The summed E-state index contributed by atoms with van der Waals surface area (Å²) in [5, 5.41) is 2.56. The van der Waals surface area contributed by atoms with Crippen LogP contribution in [0.4, 0.5) is 5.69 Å². The fourth-order valence-corrected chi connectivity index (χ4v) is 4.12. The number of hydrogen-bond donors (Lipinski definition) is 1. The number of carbonyl (C=O) groups excluding carboxylic acids is 3. The van der Waals surface area contributed by atoms with E-state index in [4.69, 9.17) is 0 Å². The van der Waals surface area contributed by atoms with Crippen molar-refractivity contribution in [1.29, 1.82) is 0 Å². The minimum absolute atomic E-state index is 0.0961. The van der Waals surface area contributed by atoms with E-state index in [1.165, 1.54) is 35.6 Å². The van der Waals surface area contributed by atoms with Crippen molar-refractivity contribution in [2.24, 2.45) is 0 Å². The first kappa shape index (κ1) is 20.7. The highest BCUT2D eigenvalue weighted by Gasteiger charge is 2.30. The number of rotatable bonds is 7. The van der Waals surface area contributed by atoms with Gasteiger partial charge in [0, 0.05) is 32.1 Å². The van der Waals surface area contributed by atoms with Crippen molar-refractivity contribution >= 4 is 33.4 Å². The predicted molar refractivity (Wildman–Crippen MR) is 106 cm³/mol. The third-order valence-electron chi connectivity index (χ3n) is 4.55. The van der Waals surface area contributed by atoms with Gasteiger partial charge in [-0.1, -0.05) is 30.3 Å². The fraction of sp³-hybridized carbons (Fsp3) is 0.250. The van der Waals surface area contributed by atoms with E-state index in [0.717, 1.165) is 10.5 Å². The Kier molecular flexibility index (Phi) is 6.09. The molecule has 0 unspecified atom stereocenters. The molecule has 1 saturated heterocycles. The van der Waals surface area contributed by atoms with Gasteiger partial charge in [-0.15, -0.1) is 0 Å². The van der Waals surface area contributed by atoms with Crippen molar-refractivity contribution in [2.45, 2.75) is 24.3 Å². The van der Waals surface area contributed by atoms with Gasteiger partial charge in [0.1, 0.15) is 6.54 Å². The van der Waals surface area contributed by atoms with E-state index in [9.17, 15) is 22.8 Å². The Labute approximate surface area is 169 Å². The van der Waals surface area contributed by atoms with Gasteiger partial charge < -0.3 is 5.32 Å². The number of carbonyl (C=O) groups is 3. The van der Waals surface area contributed by atoms with Crippen molar-refractivity contribution in [3.63, 3.8) is 0 Å². The molecule has 0 atom stereocenters. The van der Waals surface area contributed by atoms with E-state index in [1.807, 2.05) is 30.3 Å². The van der Waals surface area contributed by atoms with Crippen LogP contribution in [0.1, 0.15) is 18.4 Å². The molecule has 0 aliphatic carbocycles. The largest absolute Gasteiger partial charge is 0.325 e. The molecule has 1 aliphatic heterocycles. The van der Waals surface area contributed by atoms with Crippen LogP contribution in [0.5, 0.6) is 0 Å². The van der Waals surface area contributed by atoms with Crippen molar-refractivity contribution in [2.75, 3.05) is 18.9 Å². The van der Waals surface area contributed by atoms with E-state index < -0.39 is 15.9 Å². The van der Waals surface area contributed by atoms with Crippen LogP contribution in [0.25, 0.3) is 0 Å². The Morgan fingerprint density at radius 2 is 1.59 bits per heavy atom. The lowest BCUT2D eigenvalue weighted by Crippen LogP contribution is -2.36. The summed E-state index contributed by atoms with van der Waals surface area (Å²) in [6.45, 7) is -0.114. The molecule has 29 heavy (non-hydrogen) atoms. The summed E-state index contributed by atoms with van der Waals surface area (Å²) in [5.41, 5.74) is 1.24. The van der Waals surface area contributed by atoms with Crippen LogP contribution in [0.2, 0.25) is 0 Å². The molecule has 8 nitrogen and oxygen atoms in total. The zero-order valence-electron chi connectivity index (χ0n) is 15.9. The molecule has 9 heteroatoms. The first-order chi connectivity index (χ1) is 13.8. The molecule has 152 valence electrons. The van der Waals surface area contributed by atoms with Crippen LogP contribution in [-0.2, 0) is 31.0 Å². The van der Waals surface area contributed by atoms with Crippen molar-refractivity contribution < 1.29 is 22.8 Å². The van der Waals surface area contributed by atoms with Gasteiger partial charge in [-0.2, -0.15) is 4.31 Å². The standard InChI is InChI=1S/C20H21N3O5S/c1-22(13-15-5-3-2-4-6-15)29(27,28)17-9-7-16(8-10-17)21-18(24)14-23-19(25)11-12-20(23)26/h2-10H,11-14H2,1H3,(H,21,24). The van der Waals surface area contributed by atoms with E-state index in [2.05, 4.69) is 5.32 Å². The maximum atomic E-state index is 12.7. The van der Waals surface area contributed by atoms with E-state index in [0.29, 0.717) is 5.69 Å². The molecular formula is C20H21N3O5S. The van der Waals surface area contributed by atoms with Gasteiger partial charge in [-0.3, -0.25) is 19.3 Å². The van der Waals surface area contributed by atoms with Gasteiger partial charge in [0.05, 0.1) is 4.90 Å². The van der Waals surface area contributed by atoms with E-state index in [-0.39, 0.29) is 42.6 Å². The average Bonchev–Trinajstić information content (AvgIpc) is 3.01. The molecule has 0 aromatic heterocycles. The molecule has 1 fully saturated rings. The summed E-state index contributed by atoms with van der Waals surface area (Å²) in [5.74, 6) is -1.26. The van der Waals surface area contributed by atoms with Gasteiger partial charge in [-0.05, 0) is 29.8 Å². The number of nitrogens with one attached hydrogen (secondary N) is 1. The zero-order valence-corrected chi connectivity index (χ0v) is 16.7. The molecule has 0 saturated carbocycles. The minimum Gasteiger partial charge on any atom is -0.325 e. The third kappa shape index (κ3) is 4.87. The number of sulfonamides is 1. The summed E-state index contributed by atoms with van der Waals surface area (Å²) >= 11 is 0. The number of benzene rings is 2. The van der Waals surface area contributed by atoms with Gasteiger partial charge in [0.15, 0.2) is 0 Å². The Hall–Kier alpha value is -3.04. The second-order valence-corrected chi connectivity index (χ2v) is 8.74. The van der Waals surface area contributed by atoms with Crippen LogP contribution >= 0.6 is 0 Å². The summed E-state index contributed by atoms with van der Waals surface area (Å²) in [6.07, 6.45) is 0.240. The van der Waals surface area contributed by atoms with Crippen molar-refractivity contribution in [3.8, 4) is 0 Å². The molecule has 1 aliphatic rings. The van der Waals surface area contributed by atoms with Crippen LogP contribution in [0.3, 0.4) is 0 Å². The van der Waals surface area contributed by atoms with Gasteiger partial charge in [0.2, 0.25) is 27.7 Å². The Morgan fingerprint density at radius 1 is 1.00 bits per heavy atom. The van der Waals surface area contributed by atoms with Crippen LogP contribution in [-0.4, -0.2) is 48.9 Å². The second kappa shape index (κ2) is 8.54. The highest BCUT2D eigenvalue weighted by molar-refractivity contribution is 7.89.